The van der Waals surface area contributed by atoms with Crippen LogP contribution in [0.5, 0.6) is 0 Å². The molecule has 0 aliphatic heterocycles. The minimum atomic E-state index is -0.345. The fourth-order valence-electron chi connectivity index (χ4n) is 2.00. The number of carbonyl (C=O) groups excluding carboxylic acids is 2. The molecule has 1 rings (SSSR count). The van der Waals surface area contributed by atoms with Gasteiger partial charge in [0.15, 0.2) is 0 Å². The van der Waals surface area contributed by atoms with Gasteiger partial charge in [0.05, 0.1) is 0 Å². The molecule has 0 fully saturated rings. The second-order valence-corrected chi connectivity index (χ2v) is 5.13. The predicted octanol–water partition coefficient (Wildman–Crippen LogP) is 2.78. The number of amides is 2. The molecule has 0 aliphatic rings. The van der Waals surface area contributed by atoms with Crippen molar-refractivity contribution in [3.63, 3.8) is 0 Å². The summed E-state index contributed by atoms with van der Waals surface area (Å²) in [5, 5.41) is 2.76. The van der Waals surface area contributed by atoms with Crippen LogP contribution in [-0.2, 0) is 9.59 Å². The lowest BCUT2D eigenvalue weighted by Gasteiger charge is -2.02. The summed E-state index contributed by atoms with van der Waals surface area (Å²) in [6.07, 6.45) is 7.95. The number of hydrogen-bond acceptors (Lipinski definition) is 2. The molecule has 0 aromatic heterocycles. The van der Waals surface area contributed by atoms with Crippen molar-refractivity contribution in [3.8, 4) is 0 Å². The van der Waals surface area contributed by atoms with Gasteiger partial charge < -0.3 is 11.1 Å². The largest absolute Gasteiger partial charge is 0.370 e. The second kappa shape index (κ2) is 10.5. The Kier molecular flexibility index (Phi) is 8.57. The molecule has 0 aliphatic carbocycles. The zero-order valence-electron chi connectivity index (χ0n) is 12.7. The lowest BCUT2D eigenvalue weighted by Crippen LogP contribution is -2.21. The quantitative estimate of drug-likeness (QED) is 0.515. The van der Waals surface area contributed by atoms with Gasteiger partial charge in [-0.1, -0.05) is 37.5 Å². The lowest BCUT2D eigenvalue weighted by molar-refractivity contribution is -0.118. The topological polar surface area (TPSA) is 72.2 Å². The van der Waals surface area contributed by atoms with Gasteiger partial charge in [0, 0.05) is 24.6 Å². The van der Waals surface area contributed by atoms with E-state index in [1.54, 1.807) is 18.2 Å². The van der Waals surface area contributed by atoms with Gasteiger partial charge in [-0.2, -0.15) is 0 Å². The number of primary amides is 1. The van der Waals surface area contributed by atoms with E-state index in [1.165, 1.54) is 18.2 Å². The molecular weight excluding hydrogens is 283 g/mol. The molecule has 120 valence electrons. The molecule has 0 atom stereocenters. The highest BCUT2D eigenvalue weighted by Crippen LogP contribution is 2.08. The number of unbranched alkanes of at least 4 members (excludes halogenated alkanes) is 4. The summed E-state index contributed by atoms with van der Waals surface area (Å²) < 4.78 is 13.3. The average Bonchev–Trinajstić information content (AvgIpc) is 2.49. The molecule has 0 saturated heterocycles. The summed E-state index contributed by atoms with van der Waals surface area (Å²) in [6, 6.07) is 6.30. The molecule has 0 radical (unpaired) electrons. The highest BCUT2D eigenvalue weighted by Gasteiger charge is 1.99. The summed E-state index contributed by atoms with van der Waals surface area (Å²) in [6.45, 7) is 0.594. The van der Waals surface area contributed by atoms with Gasteiger partial charge in [0.2, 0.25) is 11.8 Å². The maximum Gasteiger partial charge on any atom is 0.244 e. The van der Waals surface area contributed by atoms with E-state index < -0.39 is 0 Å². The van der Waals surface area contributed by atoms with E-state index in [0.29, 0.717) is 18.5 Å². The molecule has 5 heteroatoms. The number of benzene rings is 1. The molecule has 1 aromatic rings. The Hall–Kier alpha value is -2.17. The van der Waals surface area contributed by atoms with E-state index >= 15 is 0 Å². The second-order valence-electron chi connectivity index (χ2n) is 5.13. The summed E-state index contributed by atoms with van der Waals surface area (Å²) in [4.78, 5) is 22.1. The number of halogens is 1. The number of nitrogens with one attached hydrogen (secondary N) is 1. The van der Waals surface area contributed by atoms with Crippen molar-refractivity contribution >= 4 is 17.9 Å². The van der Waals surface area contributed by atoms with Gasteiger partial charge in [-0.05, 0) is 25.0 Å². The van der Waals surface area contributed by atoms with Crippen LogP contribution in [0.1, 0.15) is 44.1 Å². The number of nitrogens with two attached hydrogens (primary N) is 1. The molecule has 0 saturated carbocycles. The Bertz CT molecular complexity index is 515. The van der Waals surface area contributed by atoms with Crippen LogP contribution in [0.3, 0.4) is 0 Å². The van der Waals surface area contributed by atoms with Crippen molar-refractivity contribution in [2.75, 3.05) is 6.54 Å². The first-order chi connectivity index (χ1) is 10.6. The Labute approximate surface area is 130 Å². The highest BCUT2D eigenvalue weighted by atomic mass is 19.1. The summed E-state index contributed by atoms with van der Waals surface area (Å²) >= 11 is 0. The van der Waals surface area contributed by atoms with Gasteiger partial charge in [-0.3, -0.25) is 9.59 Å². The molecule has 4 nitrogen and oxygen atoms in total. The van der Waals surface area contributed by atoms with Gasteiger partial charge in [-0.15, -0.1) is 0 Å². The van der Waals surface area contributed by atoms with Crippen molar-refractivity contribution in [3.05, 3.63) is 41.7 Å². The molecule has 0 unspecified atom stereocenters. The van der Waals surface area contributed by atoms with E-state index in [1.807, 2.05) is 0 Å². The standard InChI is InChI=1S/C17H23FN2O2/c18-15-9-6-5-8-14(15)11-12-17(22)20-13-7-3-1-2-4-10-16(19)21/h5-6,8-9,11-12H,1-4,7,10,13H2,(H2,19,21)(H,20,22)/b12-11+. The minimum Gasteiger partial charge on any atom is -0.370 e. The number of rotatable bonds is 10. The van der Waals surface area contributed by atoms with Gasteiger partial charge >= 0.3 is 0 Å². The first kappa shape index (κ1) is 17.9. The Morgan fingerprint density at radius 1 is 1.09 bits per heavy atom. The van der Waals surface area contributed by atoms with Crippen LogP contribution in [-0.4, -0.2) is 18.4 Å². The van der Waals surface area contributed by atoms with Gasteiger partial charge in [0.1, 0.15) is 5.82 Å². The van der Waals surface area contributed by atoms with Crippen LogP contribution < -0.4 is 11.1 Å². The molecule has 0 spiro atoms. The molecule has 0 heterocycles. The maximum absolute atomic E-state index is 13.3. The first-order valence-electron chi connectivity index (χ1n) is 7.58. The van der Waals surface area contributed by atoms with Crippen LogP contribution in [0.15, 0.2) is 30.3 Å². The summed E-state index contributed by atoms with van der Waals surface area (Å²) in [7, 11) is 0. The Balaban J connectivity index is 2.09. The molecule has 1 aromatic carbocycles. The molecule has 3 N–H and O–H groups in total. The van der Waals surface area contributed by atoms with Crippen LogP contribution in [0, 0.1) is 5.82 Å². The first-order valence-corrected chi connectivity index (χ1v) is 7.58. The molecular formula is C17H23FN2O2. The van der Waals surface area contributed by atoms with E-state index in [4.69, 9.17) is 5.73 Å². The molecule has 0 bridgehead atoms. The fourth-order valence-corrected chi connectivity index (χ4v) is 2.00. The third kappa shape index (κ3) is 8.19. The summed E-state index contributed by atoms with van der Waals surface area (Å²) in [5.41, 5.74) is 5.45. The van der Waals surface area contributed by atoms with Gasteiger partial charge in [-0.25, -0.2) is 4.39 Å². The van der Waals surface area contributed by atoms with E-state index in [0.717, 1.165) is 32.1 Å². The van der Waals surface area contributed by atoms with Gasteiger partial charge in [0.25, 0.3) is 0 Å². The SMILES string of the molecule is NC(=O)CCCCCCCNC(=O)/C=C/c1ccccc1F. The predicted molar refractivity (Wildman–Crippen MR) is 85.3 cm³/mol. The molecule has 2 amide bonds. The van der Waals surface area contributed by atoms with E-state index in [-0.39, 0.29) is 17.6 Å². The monoisotopic (exact) mass is 306 g/mol. The van der Waals surface area contributed by atoms with Crippen molar-refractivity contribution in [2.45, 2.75) is 38.5 Å². The number of hydrogen-bond donors (Lipinski definition) is 2. The van der Waals surface area contributed by atoms with E-state index in [2.05, 4.69) is 5.32 Å². The fraction of sp³-hybridized carbons (Fsp3) is 0.412. The van der Waals surface area contributed by atoms with Crippen LogP contribution in [0.25, 0.3) is 6.08 Å². The summed E-state index contributed by atoms with van der Waals surface area (Å²) in [5.74, 6) is -0.826. The van der Waals surface area contributed by atoms with Crippen LogP contribution >= 0.6 is 0 Å². The van der Waals surface area contributed by atoms with Crippen molar-refractivity contribution < 1.29 is 14.0 Å². The molecule has 22 heavy (non-hydrogen) atoms. The van der Waals surface area contributed by atoms with Crippen LogP contribution in [0.4, 0.5) is 4.39 Å². The Morgan fingerprint density at radius 2 is 1.77 bits per heavy atom. The zero-order valence-corrected chi connectivity index (χ0v) is 12.7. The van der Waals surface area contributed by atoms with Crippen molar-refractivity contribution in [1.82, 2.24) is 5.32 Å². The minimum absolute atomic E-state index is 0.225. The van der Waals surface area contributed by atoms with E-state index in [9.17, 15) is 14.0 Å². The van der Waals surface area contributed by atoms with Crippen LogP contribution in [0.2, 0.25) is 0 Å². The average molecular weight is 306 g/mol. The smallest absolute Gasteiger partial charge is 0.244 e. The third-order valence-electron chi connectivity index (χ3n) is 3.22. The zero-order chi connectivity index (χ0) is 16.2. The normalized spacial score (nSPS) is 10.8. The third-order valence-corrected chi connectivity index (χ3v) is 3.22. The van der Waals surface area contributed by atoms with Crippen molar-refractivity contribution in [2.24, 2.45) is 5.73 Å². The Morgan fingerprint density at radius 3 is 2.50 bits per heavy atom. The van der Waals surface area contributed by atoms with Crippen molar-refractivity contribution in [1.29, 1.82) is 0 Å². The number of carbonyl (C=O) groups is 2. The highest BCUT2D eigenvalue weighted by molar-refractivity contribution is 5.91. The lowest BCUT2D eigenvalue weighted by atomic mass is 10.1. The maximum atomic E-state index is 13.3.